The summed E-state index contributed by atoms with van der Waals surface area (Å²) in [5, 5.41) is 18.5. The number of benzene rings is 4. The highest BCUT2D eigenvalue weighted by Gasteiger charge is 2.19. The Bertz CT molecular complexity index is 2800. The van der Waals surface area contributed by atoms with E-state index in [1.54, 1.807) is 71.5 Å². The molecule has 0 saturated carbocycles. The quantitative estimate of drug-likeness (QED) is 0.124. The molecular formula is C47H46FN11O3. The van der Waals surface area contributed by atoms with E-state index in [1.165, 1.54) is 12.1 Å². The fourth-order valence-electron chi connectivity index (χ4n) is 7.11. The maximum Gasteiger partial charge on any atom is 0.253 e. The summed E-state index contributed by atoms with van der Waals surface area (Å²) in [5.41, 5.74) is 7.99. The number of halogens is 1. The van der Waals surface area contributed by atoms with Gasteiger partial charge in [-0.25, -0.2) is 13.4 Å². The van der Waals surface area contributed by atoms with Crippen LogP contribution >= 0.6 is 0 Å². The summed E-state index contributed by atoms with van der Waals surface area (Å²) < 4.78 is 22.0. The van der Waals surface area contributed by atoms with Crippen molar-refractivity contribution in [2.45, 2.75) is 18.9 Å². The molecule has 8 aromatic rings. The number of fused-ring (bicyclic) bond motifs is 2. The first-order valence-corrected chi connectivity index (χ1v) is 20.2. The minimum Gasteiger partial charge on any atom is -0.497 e. The van der Waals surface area contributed by atoms with Crippen molar-refractivity contribution in [3.8, 4) is 28.0 Å². The van der Waals surface area contributed by atoms with Crippen LogP contribution in [0, 0.1) is 5.82 Å². The molecule has 62 heavy (non-hydrogen) atoms. The predicted octanol–water partition coefficient (Wildman–Crippen LogP) is 7.95. The molecule has 0 unspecified atom stereocenters. The number of hydrogen-bond donors (Lipinski definition) is 3. The highest BCUT2D eigenvalue weighted by atomic mass is 19.1. The molecule has 1 saturated heterocycles. The molecule has 15 heteroatoms. The van der Waals surface area contributed by atoms with Crippen molar-refractivity contribution in [1.82, 2.24) is 44.3 Å². The second-order valence-corrected chi connectivity index (χ2v) is 15.1. The molecule has 4 aromatic heterocycles. The molecule has 1 aliphatic rings. The van der Waals surface area contributed by atoms with Gasteiger partial charge in [-0.15, -0.1) is 10.2 Å². The summed E-state index contributed by atoms with van der Waals surface area (Å²) >= 11 is 0. The van der Waals surface area contributed by atoms with E-state index in [1.807, 2.05) is 85.2 Å². The molecule has 0 aliphatic carbocycles. The van der Waals surface area contributed by atoms with E-state index in [2.05, 4.69) is 48.1 Å². The largest absolute Gasteiger partial charge is 0.497 e. The summed E-state index contributed by atoms with van der Waals surface area (Å²) in [6.45, 7) is 2.01. The van der Waals surface area contributed by atoms with E-state index in [4.69, 9.17) is 4.74 Å². The van der Waals surface area contributed by atoms with Gasteiger partial charge in [-0.2, -0.15) is 9.97 Å². The third-order valence-electron chi connectivity index (χ3n) is 10.5. The van der Waals surface area contributed by atoms with Crippen molar-refractivity contribution in [3.63, 3.8) is 0 Å². The summed E-state index contributed by atoms with van der Waals surface area (Å²) in [5.74, 6) is 1.36. The Kier molecular flexibility index (Phi) is 12.1. The Hall–Kier alpha value is -7.65. The van der Waals surface area contributed by atoms with Gasteiger partial charge in [0.1, 0.15) is 11.6 Å². The van der Waals surface area contributed by atoms with Crippen LogP contribution in [-0.4, -0.2) is 98.2 Å². The second kappa shape index (κ2) is 18.3. The number of carbonyl (C=O) groups is 2. The molecule has 0 spiro atoms. The zero-order valence-electron chi connectivity index (χ0n) is 34.8. The van der Waals surface area contributed by atoms with Gasteiger partial charge in [-0.05, 0) is 141 Å². The third-order valence-corrected chi connectivity index (χ3v) is 10.5. The molecule has 5 heterocycles. The van der Waals surface area contributed by atoms with Gasteiger partial charge in [0.05, 0.1) is 7.11 Å². The molecule has 3 N–H and O–H groups in total. The molecule has 2 amide bonds. The van der Waals surface area contributed by atoms with Gasteiger partial charge in [-0.1, -0.05) is 24.3 Å². The number of methoxy groups -OCH3 is 1. The van der Waals surface area contributed by atoms with Crippen LogP contribution in [0.3, 0.4) is 0 Å². The molecule has 9 rings (SSSR count). The lowest BCUT2D eigenvalue weighted by atomic mass is 10.0. The Morgan fingerprint density at radius 1 is 0.677 bits per heavy atom. The molecule has 1 aliphatic heterocycles. The van der Waals surface area contributed by atoms with Crippen molar-refractivity contribution in [1.29, 1.82) is 0 Å². The van der Waals surface area contributed by atoms with Crippen LogP contribution in [0.4, 0.5) is 27.7 Å². The van der Waals surface area contributed by atoms with E-state index >= 15 is 0 Å². The number of carbonyl (C=O) groups excluding carboxylic acids is 2. The number of aromatic nitrogens is 6. The van der Waals surface area contributed by atoms with Gasteiger partial charge in [0, 0.05) is 66.2 Å². The van der Waals surface area contributed by atoms with Crippen molar-refractivity contribution in [2.75, 3.05) is 52.0 Å². The Balaban J connectivity index is 0.000000172. The minimum absolute atomic E-state index is 0.0356. The van der Waals surface area contributed by atoms with E-state index in [9.17, 15) is 14.0 Å². The second-order valence-electron chi connectivity index (χ2n) is 15.1. The van der Waals surface area contributed by atoms with Gasteiger partial charge in [0.25, 0.3) is 11.8 Å². The van der Waals surface area contributed by atoms with Gasteiger partial charge < -0.3 is 30.5 Å². The number of anilines is 4. The number of hydrogen-bond acceptors (Lipinski definition) is 10. The number of likely N-dealkylation sites (tertiary alicyclic amines) is 1. The van der Waals surface area contributed by atoms with Crippen molar-refractivity contribution in [2.24, 2.45) is 0 Å². The third kappa shape index (κ3) is 9.53. The first-order valence-electron chi connectivity index (χ1n) is 20.2. The number of pyridine rings is 2. The molecule has 0 bridgehead atoms. The molecule has 4 aromatic carbocycles. The lowest BCUT2D eigenvalue weighted by molar-refractivity contribution is 0.0827. The van der Waals surface area contributed by atoms with E-state index in [0.29, 0.717) is 28.7 Å². The summed E-state index contributed by atoms with van der Waals surface area (Å²) in [7, 11) is 7.21. The van der Waals surface area contributed by atoms with Gasteiger partial charge in [-0.3, -0.25) is 9.59 Å². The standard InChI is InChI=1S/C25H25FN6O.C22H21N5O2/c1-31-15-12-21(13-16-31)27-24(33)18-6-10-20(11-7-18)28-25-29-23-22(3-2-14-32(23)30-25)17-4-8-19(26)9-5-17;1-26(2)21(28)16-6-10-17(11-7-16)23-22-24-20-19(5-4-14-27(20)25-22)15-8-12-18(29-3)13-9-15/h2-11,14,21H,12-13,15-16H2,1H3,(H,27,33)(H,28,30);4-14H,1-3H3,(H,23,25). The number of nitrogens with one attached hydrogen (secondary N) is 3. The maximum absolute atomic E-state index is 13.3. The van der Waals surface area contributed by atoms with Crippen LogP contribution in [0.15, 0.2) is 134 Å². The predicted molar refractivity (Wildman–Crippen MR) is 239 cm³/mol. The lowest BCUT2D eigenvalue weighted by Crippen LogP contribution is -2.43. The van der Waals surface area contributed by atoms with Crippen LogP contribution in [0.5, 0.6) is 5.75 Å². The highest BCUT2D eigenvalue weighted by molar-refractivity contribution is 5.95. The molecule has 314 valence electrons. The highest BCUT2D eigenvalue weighted by Crippen LogP contribution is 2.28. The average molecular weight is 832 g/mol. The molecular weight excluding hydrogens is 786 g/mol. The molecule has 1 fully saturated rings. The van der Waals surface area contributed by atoms with Gasteiger partial charge >= 0.3 is 0 Å². The van der Waals surface area contributed by atoms with Gasteiger partial charge in [0.15, 0.2) is 11.3 Å². The van der Waals surface area contributed by atoms with E-state index in [0.717, 1.165) is 71.0 Å². The molecule has 14 nitrogen and oxygen atoms in total. The van der Waals surface area contributed by atoms with Crippen molar-refractivity contribution in [3.05, 3.63) is 151 Å². The topological polar surface area (TPSA) is 146 Å². The Morgan fingerprint density at radius 2 is 1.16 bits per heavy atom. The average Bonchev–Trinajstić information content (AvgIpc) is 3.91. The van der Waals surface area contributed by atoms with Crippen LogP contribution < -0.4 is 20.7 Å². The first kappa shape index (κ1) is 41.1. The fraction of sp³-hybridized carbons (Fsp3) is 0.191. The molecule has 0 atom stereocenters. The van der Waals surface area contributed by atoms with Crippen LogP contribution in [-0.2, 0) is 0 Å². The monoisotopic (exact) mass is 831 g/mol. The van der Waals surface area contributed by atoms with E-state index in [-0.39, 0.29) is 23.7 Å². The van der Waals surface area contributed by atoms with E-state index < -0.39 is 0 Å². The fourth-order valence-corrected chi connectivity index (χ4v) is 7.11. The Morgan fingerprint density at radius 3 is 1.65 bits per heavy atom. The van der Waals surface area contributed by atoms with Crippen molar-refractivity contribution < 1.29 is 18.7 Å². The van der Waals surface area contributed by atoms with Crippen LogP contribution in [0.1, 0.15) is 33.6 Å². The maximum atomic E-state index is 13.3. The number of rotatable bonds is 10. The smallest absolute Gasteiger partial charge is 0.253 e. The van der Waals surface area contributed by atoms with Gasteiger partial charge in [0.2, 0.25) is 11.9 Å². The minimum atomic E-state index is -0.280. The Labute approximate surface area is 358 Å². The SMILES string of the molecule is CN1CCC(NC(=O)c2ccc(Nc3nc4c(-c5ccc(F)cc5)cccn4n3)cc2)CC1.COc1ccc(-c2cccn3nc(Nc4ccc(C(=O)N(C)C)cc4)nc23)cc1. The normalized spacial score (nSPS) is 13.0. The number of amides is 2. The van der Waals surface area contributed by atoms with Crippen LogP contribution in [0.2, 0.25) is 0 Å². The lowest BCUT2D eigenvalue weighted by Gasteiger charge is -2.29. The van der Waals surface area contributed by atoms with Crippen LogP contribution in [0.25, 0.3) is 33.5 Å². The zero-order chi connectivity index (χ0) is 43.2. The summed E-state index contributed by atoms with van der Waals surface area (Å²) in [6.07, 6.45) is 5.62. The molecule has 0 radical (unpaired) electrons. The number of nitrogens with zero attached hydrogens (tertiary/aromatic N) is 8. The zero-order valence-corrected chi connectivity index (χ0v) is 34.8. The first-order chi connectivity index (χ1) is 30.1. The van der Waals surface area contributed by atoms with Crippen molar-refractivity contribution >= 4 is 46.4 Å². The summed E-state index contributed by atoms with van der Waals surface area (Å²) in [6, 6.07) is 36.6. The number of ether oxygens (including phenoxy) is 1. The number of piperidine rings is 1. The summed E-state index contributed by atoms with van der Waals surface area (Å²) in [4.78, 5) is 37.7.